The number of nitrogens with zero attached hydrogens (tertiary/aromatic N) is 2. The Morgan fingerprint density at radius 1 is 1.08 bits per heavy atom. The molecule has 0 bridgehead atoms. The van der Waals surface area contributed by atoms with Gasteiger partial charge in [0, 0.05) is 5.56 Å². The minimum Gasteiger partial charge on any atom is -0.493 e. The minimum atomic E-state index is -0.478. The fourth-order valence-corrected chi connectivity index (χ4v) is 2.60. The first-order valence-corrected chi connectivity index (χ1v) is 7.66. The maximum Gasteiger partial charge on any atom is 0.182 e. The van der Waals surface area contributed by atoms with Gasteiger partial charge in [0.25, 0.3) is 0 Å². The molecule has 3 N–H and O–H groups in total. The number of H-pyrrole nitrogens is 1. The van der Waals surface area contributed by atoms with Crippen molar-refractivity contribution in [2.24, 2.45) is 5.73 Å². The molecule has 24 heavy (non-hydrogen) atoms. The van der Waals surface area contributed by atoms with E-state index in [1.54, 1.807) is 26.4 Å². The number of aromatic nitrogens is 3. The number of halogens is 1. The number of aromatic amines is 1. The number of hydrogen-bond donors (Lipinski definition) is 2. The number of benzene rings is 2. The Hall–Kier alpha value is -2.57. The lowest BCUT2D eigenvalue weighted by Gasteiger charge is -2.13. The topological polar surface area (TPSA) is 86.0 Å². The van der Waals surface area contributed by atoms with Crippen molar-refractivity contribution in [1.29, 1.82) is 0 Å². The van der Waals surface area contributed by atoms with Gasteiger partial charge in [-0.2, -0.15) is 5.10 Å². The molecule has 1 atom stereocenters. The van der Waals surface area contributed by atoms with E-state index in [0.717, 1.165) is 11.1 Å². The van der Waals surface area contributed by atoms with Crippen LogP contribution in [-0.4, -0.2) is 29.4 Å². The number of methoxy groups -OCH3 is 2. The number of ether oxygens (including phenoxy) is 2. The van der Waals surface area contributed by atoms with E-state index in [1.165, 1.54) is 0 Å². The fourth-order valence-electron chi connectivity index (χ4n) is 2.38. The summed E-state index contributed by atoms with van der Waals surface area (Å²) >= 11 is 6.18. The quantitative estimate of drug-likeness (QED) is 0.742. The molecular formula is C17H17ClN4O2. The molecule has 1 aromatic heterocycles. The van der Waals surface area contributed by atoms with Crippen molar-refractivity contribution in [1.82, 2.24) is 15.2 Å². The lowest BCUT2D eigenvalue weighted by Crippen LogP contribution is -2.14. The predicted octanol–water partition coefficient (Wildman–Crippen LogP) is 3.19. The fraction of sp³-hybridized carbons (Fsp3) is 0.176. The van der Waals surface area contributed by atoms with Crippen LogP contribution in [0.5, 0.6) is 11.5 Å². The molecule has 3 aromatic rings. The van der Waals surface area contributed by atoms with Crippen LogP contribution in [0.1, 0.15) is 17.4 Å². The van der Waals surface area contributed by atoms with Crippen LogP contribution < -0.4 is 15.2 Å². The van der Waals surface area contributed by atoms with E-state index in [0.29, 0.717) is 28.2 Å². The lowest BCUT2D eigenvalue weighted by atomic mass is 10.1. The van der Waals surface area contributed by atoms with Gasteiger partial charge in [-0.15, -0.1) is 0 Å². The second-order valence-electron chi connectivity index (χ2n) is 5.12. The van der Waals surface area contributed by atoms with E-state index in [9.17, 15) is 0 Å². The van der Waals surface area contributed by atoms with E-state index in [-0.39, 0.29) is 0 Å². The van der Waals surface area contributed by atoms with Crippen molar-refractivity contribution < 1.29 is 9.47 Å². The third-order valence-corrected chi connectivity index (χ3v) is 4.01. The number of nitrogens with two attached hydrogens (primary N) is 1. The van der Waals surface area contributed by atoms with Crippen LogP contribution in [0.4, 0.5) is 0 Å². The highest BCUT2D eigenvalue weighted by Crippen LogP contribution is 2.31. The molecule has 2 aromatic carbocycles. The Bertz CT molecular complexity index is 850. The summed E-state index contributed by atoms with van der Waals surface area (Å²) in [6.07, 6.45) is 0. The molecule has 0 spiro atoms. The summed E-state index contributed by atoms with van der Waals surface area (Å²) in [6.45, 7) is 0. The molecule has 3 rings (SSSR count). The molecule has 6 nitrogen and oxygen atoms in total. The molecule has 1 unspecified atom stereocenters. The van der Waals surface area contributed by atoms with Gasteiger partial charge in [-0.3, -0.25) is 5.10 Å². The molecule has 7 heteroatoms. The maximum atomic E-state index is 6.30. The molecule has 0 saturated carbocycles. The van der Waals surface area contributed by atoms with E-state index >= 15 is 0 Å². The Balaban J connectivity index is 1.91. The summed E-state index contributed by atoms with van der Waals surface area (Å²) < 4.78 is 10.5. The zero-order valence-corrected chi connectivity index (χ0v) is 14.0. The summed E-state index contributed by atoms with van der Waals surface area (Å²) in [7, 11) is 3.17. The molecule has 124 valence electrons. The van der Waals surface area contributed by atoms with Gasteiger partial charge in [-0.25, -0.2) is 4.98 Å². The second-order valence-corrected chi connectivity index (χ2v) is 5.52. The smallest absolute Gasteiger partial charge is 0.182 e. The van der Waals surface area contributed by atoms with Crippen molar-refractivity contribution in [3.05, 3.63) is 58.9 Å². The van der Waals surface area contributed by atoms with Gasteiger partial charge >= 0.3 is 0 Å². The van der Waals surface area contributed by atoms with Gasteiger partial charge in [-0.05, 0) is 29.8 Å². The molecule has 0 fully saturated rings. The average molecular weight is 345 g/mol. The largest absolute Gasteiger partial charge is 0.493 e. The van der Waals surface area contributed by atoms with Crippen LogP contribution in [0.25, 0.3) is 11.4 Å². The van der Waals surface area contributed by atoms with Crippen molar-refractivity contribution >= 4 is 11.6 Å². The van der Waals surface area contributed by atoms with Gasteiger partial charge in [-0.1, -0.05) is 29.8 Å². The van der Waals surface area contributed by atoms with Gasteiger partial charge in [0.2, 0.25) is 0 Å². The highest BCUT2D eigenvalue weighted by atomic mass is 35.5. The van der Waals surface area contributed by atoms with Crippen LogP contribution in [0, 0.1) is 0 Å². The molecular weight excluding hydrogens is 328 g/mol. The Labute approximate surface area is 144 Å². The molecule has 0 saturated heterocycles. The summed E-state index contributed by atoms with van der Waals surface area (Å²) in [5.41, 5.74) is 7.88. The highest BCUT2D eigenvalue weighted by molar-refractivity contribution is 6.33. The maximum absolute atomic E-state index is 6.30. The molecule has 0 aliphatic carbocycles. The van der Waals surface area contributed by atoms with Crippen molar-refractivity contribution in [2.75, 3.05) is 14.2 Å². The Morgan fingerprint density at radius 2 is 1.83 bits per heavy atom. The minimum absolute atomic E-state index is 0.478. The summed E-state index contributed by atoms with van der Waals surface area (Å²) in [5.74, 6) is 2.29. The van der Waals surface area contributed by atoms with Crippen LogP contribution in [0.15, 0.2) is 42.5 Å². The molecule has 0 radical (unpaired) electrons. The highest BCUT2D eigenvalue weighted by Gasteiger charge is 2.17. The molecule has 0 aliphatic heterocycles. The Kier molecular flexibility index (Phi) is 4.69. The van der Waals surface area contributed by atoms with Gasteiger partial charge in [0.05, 0.1) is 25.3 Å². The van der Waals surface area contributed by atoms with Crippen LogP contribution >= 0.6 is 11.6 Å². The number of rotatable bonds is 5. The third kappa shape index (κ3) is 3.06. The molecule has 1 heterocycles. The van der Waals surface area contributed by atoms with Gasteiger partial charge < -0.3 is 15.2 Å². The first kappa shape index (κ1) is 16.3. The second kappa shape index (κ2) is 6.90. The zero-order chi connectivity index (χ0) is 17.1. The molecule has 0 amide bonds. The number of hydrogen-bond acceptors (Lipinski definition) is 5. The summed E-state index contributed by atoms with van der Waals surface area (Å²) in [6, 6.07) is 12.4. The van der Waals surface area contributed by atoms with Crippen LogP contribution in [0.2, 0.25) is 5.02 Å². The third-order valence-electron chi connectivity index (χ3n) is 3.68. The van der Waals surface area contributed by atoms with Crippen molar-refractivity contribution in [3.63, 3.8) is 0 Å². The van der Waals surface area contributed by atoms with E-state index in [4.69, 9.17) is 26.8 Å². The monoisotopic (exact) mass is 344 g/mol. The first-order chi connectivity index (χ1) is 11.6. The SMILES string of the molecule is COc1ccc(C(N)c2nc(-c3ccccc3Cl)n[nH]2)cc1OC. The van der Waals surface area contributed by atoms with Gasteiger partial charge in [0.1, 0.15) is 5.82 Å². The lowest BCUT2D eigenvalue weighted by molar-refractivity contribution is 0.354. The first-order valence-electron chi connectivity index (χ1n) is 7.28. The van der Waals surface area contributed by atoms with Gasteiger partial charge in [0.15, 0.2) is 17.3 Å². The summed E-state index contributed by atoms with van der Waals surface area (Å²) in [5, 5.41) is 7.68. The number of nitrogens with one attached hydrogen (secondary N) is 1. The van der Waals surface area contributed by atoms with Crippen LogP contribution in [0.3, 0.4) is 0 Å². The van der Waals surface area contributed by atoms with E-state index < -0.39 is 6.04 Å². The van der Waals surface area contributed by atoms with Crippen molar-refractivity contribution in [2.45, 2.75) is 6.04 Å². The molecule has 0 aliphatic rings. The predicted molar refractivity (Wildman–Crippen MR) is 92.4 cm³/mol. The van der Waals surface area contributed by atoms with E-state index in [2.05, 4.69) is 15.2 Å². The van der Waals surface area contributed by atoms with E-state index in [1.807, 2.05) is 30.3 Å². The Morgan fingerprint density at radius 3 is 2.54 bits per heavy atom. The zero-order valence-electron chi connectivity index (χ0n) is 13.3. The average Bonchev–Trinajstić information content (AvgIpc) is 3.10. The standard InChI is InChI=1S/C17H17ClN4O2/c1-23-13-8-7-10(9-14(13)24-2)15(19)17-20-16(21-22-17)11-5-3-4-6-12(11)18/h3-9,15H,19H2,1-2H3,(H,20,21,22). The summed E-state index contributed by atoms with van der Waals surface area (Å²) in [4.78, 5) is 4.47. The van der Waals surface area contributed by atoms with Crippen molar-refractivity contribution in [3.8, 4) is 22.9 Å². The normalized spacial score (nSPS) is 12.0. The van der Waals surface area contributed by atoms with Crippen LogP contribution in [-0.2, 0) is 0 Å².